The maximum Gasteiger partial charge on any atom is 0.237 e. The first kappa shape index (κ1) is 21.2. The molecule has 4 rings (SSSR count). The summed E-state index contributed by atoms with van der Waals surface area (Å²) in [7, 11) is 0. The van der Waals surface area contributed by atoms with Crippen LogP contribution < -0.4 is 10.6 Å². The SMILES string of the molecule is O=C(CC1C(=O)NCCN1Cc1c(F)cccc1Cl)NCc1nc2c(s1)CCCC2. The third-order valence-corrected chi connectivity index (χ3v) is 7.08. The van der Waals surface area contributed by atoms with E-state index in [-0.39, 0.29) is 24.8 Å². The van der Waals surface area contributed by atoms with Crippen molar-refractivity contribution in [3.63, 3.8) is 0 Å². The maximum absolute atomic E-state index is 14.2. The molecule has 1 atom stereocenters. The minimum Gasteiger partial charge on any atom is -0.353 e. The first-order chi connectivity index (χ1) is 14.5. The molecule has 2 heterocycles. The van der Waals surface area contributed by atoms with Crippen LogP contribution in [0.5, 0.6) is 0 Å². The van der Waals surface area contributed by atoms with Crippen molar-refractivity contribution in [2.45, 2.75) is 51.2 Å². The molecule has 1 fully saturated rings. The molecule has 0 radical (unpaired) electrons. The van der Waals surface area contributed by atoms with Crippen LogP contribution in [-0.2, 0) is 35.5 Å². The molecule has 0 spiro atoms. The fourth-order valence-corrected chi connectivity index (χ4v) is 5.28. The number of benzene rings is 1. The van der Waals surface area contributed by atoms with Crippen molar-refractivity contribution in [1.82, 2.24) is 20.5 Å². The zero-order chi connectivity index (χ0) is 21.1. The summed E-state index contributed by atoms with van der Waals surface area (Å²) >= 11 is 7.80. The summed E-state index contributed by atoms with van der Waals surface area (Å²) in [5, 5.41) is 6.89. The number of piperazine rings is 1. The number of halogens is 2. The van der Waals surface area contributed by atoms with E-state index in [9.17, 15) is 14.0 Å². The zero-order valence-corrected chi connectivity index (χ0v) is 18.1. The smallest absolute Gasteiger partial charge is 0.237 e. The lowest BCUT2D eigenvalue weighted by Gasteiger charge is -2.34. The van der Waals surface area contributed by atoms with Gasteiger partial charge in [0.05, 0.1) is 24.7 Å². The predicted octanol–water partition coefficient (Wildman–Crippen LogP) is 2.82. The second-order valence-corrected chi connectivity index (χ2v) is 9.22. The van der Waals surface area contributed by atoms with Crippen LogP contribution >= 0.6 is 22.9 Å². The Morgan fingerprint density at radius 2 is 2.20 bits per heavy atom. The normalized spacial score (nSPS) is 19.3. The number of carbonyl (C=O) groups excluding carboxylic acids is 2. The number of carbonyl (C=O) groups is 2. The molecule has 9 heteroatoms. The zero-order valence-electron chi connectivity index (χ0n) is 16.5. The number of nitrogens with one attached hydrogen (secondary N) is 2. The van der Waals surface area contributed by atoms with E-state index in [1.807, 2.05) is 4.90 Å². The Morgan fingerprint density at radius 1 is 1.37 bits per heavy atom. The Hall–Kier alpha value is -2.03. The summed E-state index contributed by atoms with van der Waals surface area (Å²) in [4.78, 5) is 32.8. The van der Waals surface area contributed by atoms with Gasteiger partial charge in [0, 0.05) is 35.1 Å². The number of hydrogen-bond acceptors (Lipinski definition) is 5. The molecule has 2 amide bonds. The van der Waals surface area contributed by atoms with E-state index >= 15 is 0 Å². The largest absolute Gasteiger partial charge is 0.353 e. The highest BCUT2D eigenvalue weighted by Crippen LogP contribution is 2.27. The average molecular weight is 451 g/mol. The van der Waals surface area contributed by atoms with E-state index in [4.69, 9.17) is 11.6 Å². The highest BCUT2D eigenvalue weighted by Gasteiger charge is 2.32. The molecule has 1 aliphatic carbocycles. The summed E-state index contributed by atoms with van der Waals surface area (Å²) in [5.74, 6) is -0.868. The molecule has 160 valence electrons. The van der Waals surface area contributed by atoms with Crippen molar-refractivity contribution < 1.29 is 14.0 Å². The van der Waals surface area contributed by atoms with Gasteiger partial charge in [0.25, 0.3) is 0 Å². The Labute approximate surface area is 183 Å². The molecule has 1 aliphatic heterocycles. The van der Waals surface area contributed by atoms with Crippen LogP contribution in [0.3, 0.4) is 0 Å². The molecule has 30 heavy (non-hydrogen) atoms. The molecule has 2 aromatic rings. The van der Waals surface area contributed by atoms with Crippen LogP contribution in [0.1, 0.15) is 40.4 Å². The Balaban J connectivity index is 1.38. The third kappa shape index (κ3) is 4.82. The van der Waals surface area contributed by atoms with Crippen LogP contribution in [0, 0.1) is 5.82 Å². The second-order valence-electron chi connectivity index (χ2n) is 7.64. The molecule has 1 aromatic carbocycles. The highest BCUT2D eigenvalue weighted by molar-refractivity contribution is 7.11. The Morgan fingerprint density at radius 3 is 3.00 bits per heavy atom. The summed E-state index contributed by atoms with van der Waals surface area (Å²) in [5.41, 5.74) is 1.50. The molecular formula is C21H24ClFN4O2S. The number of aromatic nitrogens is 1. The number of hydrogen-bond donors (Lipinski definition) is 2. The maximum atomic E-state index is 14.2. The van der Waals surface area contributed by atoms with Gasteiger partial charge in [0.15, 0.2) is 0 Å². The third-order valence-electron chi connectivity index (χ3n) is 5.57. The molecule has 1 aromatic heterocycles. The topological polar surface area (TPSA) is 74.3 Å². The van der Waals surface area contributed by atoms with Crippen molar-refractivity contribution in [1.29, 1.82) is 0 Å². The number of thiazole rings is 1. The second kappa shape index (κ2) is 9.41. The molecule has 0 saturated carbocycles. The van der Waals surface area contributed by atoms with Gasteiger partial charge in [-0.1, -0.05) is 17.7 Å². The van der Waals surface area contributed by atoms with Crippen molar-refractivity contribution in [3.05, 3.63) is 50.2 Å². The van der Waals surface area contributed by atoms with E-state index in [2.05, 4.69) is 15.6 Å². The number of fused-ring (bicyclic) bond motifs is 1. The van der Waals surface area contributed by atoms with Crippen molar-refractivity contribution in [3.8, 4) is 0 Å². The van der Waals surface area contributed by atoms with Crippen LogP contribution in [0.2, 0.25) is 5.02 Å². The fraction of sp³-hybridized carbons (Fsp3) is 0.476. The van der Waals surface area contributed by atoms with E-state index in [1.165, 1.54) is 23.8 Å². The number of nitrogens with zero attached hydrogens (tertiary/aromatic N) is 2. The minimum absolute atomic E-state index is 0.00297. The van der Waals surface area contributed by atoms with Crippen LogP contribution in [0.4, 0.5) is 4.39 Å². The monoisotopic (exact) mass is 450 g/mol. The van der Waals surface area contributed by atoms with E-state index in [0.717, 1.165) is 23.5 Å². The lowest BCUT2D eigenvalue weighted by Crippen LogP contribution is -2.56. The molecule has 0 bridgehead atoms. The number of aryl methyl sites for hydroxylation is 2. The van der Waals surface area contributed by atoms with Gasteiger partial charge in [-0.25, -0.2) is 9.37 Å². The standard InChI is InChI=1S/C21H24ClFN4O2S/c22-14-4-3-5-15(23)13(14)12-27-9-8-24-21(29)17(27)10-19(28)25-11-20-26-16-6-1-2-7-18(16)30-20/h3-5,17H,1-2,6-12H2,(H,24,29)(H,25,28). The fourth-order valence-electron chi connectivity index (χ4n) is 3.96. The van der Waals surface area contributed by atoms with E-state index < -0.39 is 11.9 Å². The first-order valence-electron chi connectivity index (χ1n) is 10.2. The molecule has 6 nitrogen and oxygen atoms in total. The van der Waals surface area contributed by atoms with Gasteiger partial charge < -0.3 is 10.6 Å². The molecule has 2 N–H and O–H groups in total. The minimum atomic E-state index is -0.668. The van der Waals surface area contributed by atoms with Crippen molar-refractivity contribution >= 4 is 34.8 Å². The van der Waals surface area contributed by atoms with Gasteiger partial charge in [-0.3, -0.25) is 14.5 Å². The van der Waals surface area contributed by atoms with Crippen LogP contribution in [0.15, 0.2) is 18.2 Å². The molecule has 1 saturated heterocycles. The summed E-state index contributed by atoms with van der Waals surface area (Å²) in [6.45, 7) is 1.52. The van der Waals surface area contributed by atoms with Gasteiger partial charge >= 0.3 is 0 Å². The quantitative estimate of drug-likeness (QED) is 0.709. The number of rotatable bonds is 6. The first-order valence-corrected chi connectivity index (χ1v) is 11.4. The van der Waals surface area contributed by atoms with Gasteiger partial charge in [-0.2, -0.15) is 0 Å². The lowest BCUT2D eigenvalue weighted by atomic mass is 10.0. The number of amides is 2. The van der Waals surface area contributed by atoms with Crippen molar-refractivity contribution in [2.75, 3.05) is 13.1 Å². The van der Waals surface area contributed by atoms with E-state index in [0.29, 0.717) is 30.2 Å². The van der Waals surface area contributed by atoms with E-state index in [1.54, 1.807) is 23.5 Å². The predicted molar refractivity (Wildman–Crippen MR) is 114 cm³/mol. The van der Waals surface area contributed by atoms with Gasteiger partial charge in [0.2, 0.25) is 11.8 Å². The molecule has 2 aliphatic rings. The van der Waals surface area contributed by atoms with Gasteiger partial charge in [-0.05, 0) is 37.8 Å². The van der Waals surface area contributed by atoms with Crippen LogP contribution in [0.25, 0.3) is 0 Å². The molecular weight excluding hydrogens is 427 g/mol. The summed E-state index contributed by atoms with van der Waals surface area (Å²) in [6, 6.07) is 3.85. The Bertz CT molecular complexity index is 907. The van der Waals surface area contributed by atoms with Gasteiger partial charge in [0.1, 0.15) is 10.8 Å². The Kier molecular flexibility index (Phi) is 6.65. The van der Waals surface area contributed by atoms with Gasteiger partial charge in [-0.15, -0.1) is 11.3 Å². The van der Waals surface area contributed by atoms with Crippen molar-refractivity contribution in [2.24, 2.45) is 0 Å². The summed E-state index contributed by atoms with van der Waals surface area (Å²) < 4.78 is 14.2. The lowest BCUT2D eigenvalue weighted by molar-refractivity contribution is -0.134. The summed E-state index contributed by atoms with van der Waals surface area (Å²) in [6.07, 6.45) is 4.44. The van der Waals surface area contributed by atoms with Crippen LogP contribution in [-0.4, -0.2) is 40.8 Å². The highest BCUT2D eigenvalue weighted by atomic mass is 35.5. The molecule has 1 unspecified atom stereocenters. The average Bonchev–Trinajstić information content (AvgIpc) is 3.15.